The van der Waals surface area contributed by atoms with Crippen LogP contribution >= 0.6 is 11.3 Å². The van der Waals surface area contributed by atoms with Gasteiger partial charge in [0.1, 0.15) is 0 Å². The van der Waals surface area contributed by atoms with E-state index in [2.05, 4.69) is 205 Å². The maximum absolute atomic E-state index is 2.43. The van der Waals surface area contributed by atoms with Crippen molar-refractivity contribution in [1.29, 1.82) is 0 Å². The highest BCUT2D eigenvalue weighted by Crippen LogP contribution is 2.45. The van der Waals surface area contributed by atoms with E-state index in [0.29, 0.717) is 0 Å². The molecule has 0 saturated carbocycles. The van der Waals surface area contributed by atoms with Crippen LogP contribution in [0.4, 0.5) is 17.1 Å². The molecule has 10 aromatic rings. The molecule has 0 radical (unpaired) electrons. The number of nitrogens with zero attached hydrogens (tertiary/aromatic N) is 1. The second-order valence-electron chi connectivity index (χ2n) is 13.4. The fraction of sp³-hybridized carbons (Fsp3) is 0. The van der Waals surface area contributed by atoms with Gasteiger partial charge >= 0.3 is 0 Å². The Hall–Kier alpha value is -6.48. The lowest BCUT2D eigenvalue weighted by Gasteiger charge is -2.27. The Balaban J connectivity index is 1.11. The maximum Gasteiger partial charge on any atom is 0.0640 e. The third-order valence-corrected chi connectivity index (χ3v) is 11.4. The Morgan fingerprint density at radius 1 is 0.327 bits per heavy atom. The van der Waals surface area contributed by atoms with Crippen LogP contribution < -0.4 is 4.90 Å². The van der Waals surface area contributed by atoms with Crippen molar-refractivity contribution in [2.75, 3.05) is 4.90 Å². The molecular weight excluding hydrogens is 647 g/mol. The molecule has 0 spiro atoms. The molecule has 10 rings (SSSR count). The Labute approximate surface area is 307 Å². The summed E-state index contributed by atoms with van der Waals surface area (Å²) in [4.78, 5) is 2.43. The summed E-state index contributed by atoms with van der Waals surface area (Å²) in [6, 6.07) is 73.0. The predicted molar refractivity (Wildman–Crippen MR) is 225 cm³/mol. The van der Waals surface area contributed by atoms with Crippen molar-refractivity contribution in [1.82, 2.24) is 0 Å². The third-order valence-electron chi connectivity index (χ3n) is 10.2. The first-order valence-electron chi connectivity index (χ1n) is 17.8. The minimum Gasteiger partial charge on any atom is -0.309 e. The number of thiophene rings is 1. The average Bonchev–Trinajstić information content (AvgIpc) is 3.61. The molecule has 1 aromatic heterocycles. The number of anilines is 3. The zero-order valence-corrected chi connectivity index (χ0v) is 29.2. The van der Waals surface area contributed by atoms with Gasteiger partial charge in [0.05, 0.1) is 10.4 Å². The molecule has 0 N–H and O–H groups in total. The van der Waals surface area contributed by atoms with Crippen molar-refractivity contribution >= 4 is 70.1 Å². The summed E-state index contributed by atoms with van der Waals surface area (Å²) in [7, 11) is 0. The number of benzene rings is 9. The molecule has 1 heterocycles. The van der Waals surface area contributed by atoms with Gasteiger partial charge in [-0.25, -0.2) is 0 Å². The summed E-state index contributed by atoms with van der Waals surface area (Å²) in [6.45, 7) is 0. The summed E-state index contributed by atoms with van der Waals surface area (Å²) in [5.74, 6) is 0. The van der Waals surface area contributed by atoms with Gasteiger partial charge in [0, 0.05) is 26.8 Å². The van der Waals surface area contributed by atoms with Crippen molar-refractivity contribution in [3.8, 4) is 33.4 Å². The Kier molecular flexibility index (Phi) is 7.41. The van der Waals surface area contributed by atoms with Gasteiger partial charge in [-0.1, -0.05) is 152 Å². The largest absolute Gasteiger partial charge is 0.309 e. The van der Waals surface area contributed by atoms with Crippen molar-refractivity contribution in [3.63, 3.8) is 0 Å². The van der Waals surface area contributed by atoms with Crippen LogP contribution in [-0.2, 0) is 0 Å². The lowest BCUT2D eigenvalue weighted by molar-refractivity contribution is 1.30. The van der Waals surface area contributed by atoms with Crippen LogP contribution in [0.15, 0.2) is 200 Å². The number of hydrogen-bond donors (Lipinski definition) is 0. The first-order chi connectivity index (χ1) is 25.8. The molecule has 0 aliphatic rings. The lowest BCUT2D eigenvalue weighted by Crippen LogP contribution is -2.10. The van der Waals surface area contributed by atoms with E-state index in [4.69, 9.17) is 0 Å². The molecule has 0 fully saturated rings. The van der Waals surface area contributed by atoms with E-state index in [9.17, 15) is 0 Å². The quantitative estimate of drug-likeness (QED) is 0.169. The number of fused-ring (bicyclic) bond motifs is 5. The van der Waals surface area contributed by atoms with Crippen molar-refractivity contribution in [3.05, 3.63) is 200 Å². The summed E-state index contributed by atoms with van der Waals surface area (Å²) in [5, 5.41) is 7.62. The lowest BCUT2D eigenvalue weighted by atomic mass is 9.95. The molecule has 2 heteroatoms. The maximum atomic E-state index is 2.43. The summed E-state index contributed by atoms with van der Waals surface area (Å²) in [5.41, 5.74) is 10.7. The van der Waals surface area contributed by atoms with Gasteiger partial charge in [-0.15, -0.1) is 11.3 Å². The molecule has 9 aromatic carbocycles. The van der Waals surface area contributed by atoms with E-state index in [1.807, 2.05) is 11.3 Å². The summed E-state index contributed by atoms with van der Waals surface area (Å²) >= 11 is 1.87. The van der Waals surface area contributed by atoms with Gasteiger partial charge in [-0.05, 0) is 103 Å². The first-order valence-corrected chi connectivity index (χ1v) is 18.6. The molecule has 1 nitrogen and oxygen atoms in total. The van der Waals surface area contributed by atoms with Crippen LogP contribution in [-0.4, -0.2) is 0 Å². The van der Waals surface area contributed by atoms with E-state index in [1.165, 1.54) is 80.8 Å². The number of rotatable bonds is 6. The highest BCUT2D eigenvalue weighted by molar-refractivity contribution is 7.26. The van der Waals surface area contributed by atoms with E-state index in [1.54, 1.807) is 0 Å². The molecule has 0 aliphatic heterocycles. The van der Waals surface area contributed by atoms with E-state index in [0.717, 1.165) is 11.4 Å². The van der Waals surface area contributed by atoms with Gasteiger partial charge in [0.25, 0.3) is 0 Å². The van der Waals surface area contributed by atoms with Crippen LogP contribution in [0, 0.1) is 0 Å². The monoisotopic (exact) mass is 679 g/mol. The molecule has 0 amide bonds. The molecule has 0 unspecified atom stereocenters. The average molecular weight is 680 g/mol. The summed E-state index contributed by atoms with van der Waals surface area (Å²) < 4.78 is 2.58. The van der Waals surface area contributed by atoms with Gasteiger partial charge in [-0.2, -0.15) is 0 Å². The zero-order valence-electron chi connectivity index (χ0n) is 28.4. The Morgan fingerprint density at radius 3 is 1.83 bits per heavy atom. The smallest absolute Gasteiger partial charge is 0.0640 e. The zero-order chi connectivity index (χ0) is 34.4. The Bertz CT molecular complexity index is 2910. The van der Waals surface area contributed by atoms with Crippen molar-refractivity contribution in [2.24, 2.45) is 0 Å². The highest BCUT2D eigenvalue weighted by Gasteiger charge is 2.19. The minimum atomic E-state index is 1.12. The molecule has 0 atom stereocenters. The van der Waals surface area contributed by atoms with E-state index < -0.39 is 0 Å². The molecule has 52 heavy (non-hydrogen) atoms. The van der Waals surface area contributed by atoms with Crippen LogP contribution in [0.25, 0.3) is 75.1 Å². The van der Waals surface area contributed by atoms with Gasteiger partial charge in [0.15, 0.2) is 0 Å². The normalized spacial score (nSPS) is 11.5. The minimum absolute atomic E-state index is 1.12. The standard InChI is InChI=1S/C50H33NS/c1-2-13-37-31-40(26-25-34(37)11-1)35-27-29-42(30-28-35)51(48-23-10-22-47-46-20-5-6-24-49(46)52-50(47)48)43-18-8-16-39(33-43)38-15-7-17-41(32-38)45-21-9-14-36-12-3-4-19-44(36)45/h1-33H. The van der Waals surface area contributed by atoms with Gasteiger partial charge < -0.3 is 4.90 Å². The fourth-order valence-electron chi connectivity index (χ4n) is 7.68. The SMILES string of the molecule is c1cc(-c2cccc(N(c3ccc(-c4ccc5ccccc5c4)cc3)c3cccc4c3sc3ccccc34)c2)cc(-c2cccc3ccccc23)c1. The predicted octanol–water partition coefficient (Wildman–Crippen LogP) is 14.8. The molecule has 0 saturated heterocycles. The Morgan fingerprint density at radius 2 is 0.942 bits per heavy atom. The highest BCUT2D eigenvalue weighted by atomic mass is 32.1. The third kappa shape index (κ3) is 5.33. The second-order valence-corrected chi connectivity index (χ2v) is 14.4. The van der Waals surface area contributed by atoms with Crippen LogP contribution in [0.1, 0.15) is 0 Å². The molecular formula is C50H33NS. The van der Waals surface area contributed by atoms with E-state index in [-0.39, 0.29) is 0 Å². The topological polar surface area (TPSA) is 3.24 Å². The van der Waals surface area contributed by atoms with E-state index >= 15 is 0 Å². The van der Waals surface area contributed by atoms with Crippen LogP contribution in [0.3, 0.4) is 0 Å². The van der Waals surface area contributed by atoms with Gasteiger partial charge in [-0.3, -0.25) is 0 Å². The molecule has 244 valence electrons. The van der Waals surface area contributed by atoms with Crippen LogP contribution in [0.2, 0.25) is 0 Å². The van der Waals surface area contributed by atoms with Crippen LogP contribution in [0.5, 0.6) is 0 Å². The first kappa shape index (κ1) is 30.4. The fourth-order valence-corrected chi connectivity index (χ4v) is 8.88. The molecule has 0 aliphatic carbocycles. The summed E-state index contributed by atoms with van der Waals surface area (Å²) in [6.07, 6.45) is 0. The second kappa shape index (κ2) is 12.7. The van der Waals surface area contributed by atoms with Crippen molar-refractivity contribution in [2.45, 2.75) is 0 Å². The van der Waals surface area contributed by atoms with Crippen molar-refractivity contribution < 1.29 is 0 Å². The van der Waals surface area contributed by atoms with Gasteiger partial charge in [0.2, 0.25) is 0 Å². The molecule has 0 bridgehead atoms. The number of hydrogen-bond acceptors (Lipinski definition) is 2.